The number of morpholine rings is 1. The number of nitrogens with one attached hydrogen (secondary N) is 1. The first-order valence-corrected chi connectivity index (χ1v) is 11.0. The number of hydrogen-bond donors (Lipinski definition) is 1. The van der Waals surface area contributed by atoms with Gasteiger partial charge in [0.15, 0.2) is 0 Å². The third kappa shape index (κ3) is 5.27. The number of amides is 1. The Kier molecular flexibility index (Phi) is 7.12. The zero-order chi connectivity index (χ0) is 23.0. The molecule has 2 heterocycles. The van der Waals surface area contributed by atoms with Gasteiger partial charge in [0.1, 0.15) is 6.54 Å². The Labute approximate surface area is 193 Å². The average molecular weight is 443 g/mol. The molecule has 1 amide bonds. The lowest BCUT2D eigenvalue weighted by atomic mass is 10.1. The van der Waals surface area contributed by atoms with Gasteiger partial charge >= 0.3 is 0 Å². The Morgan fingerprint density at radius 2 is 1.85 bits per heavy atom. The van der Waals surface area contributed by atoms with Gasteiger partial charge in [-0.05, 0) is 49.4 Å². The van der Waals surface area contributed by atoms with Gasteiger partial charge in [0.25, 0.3) is 5.91 Å². The SMILES string of the molecule is CCN(c1ccc(N2CCOCC2)cc1)c1nccc(-c2ccc(C(=O)NCC#N)cc2)n1. The summed E-state index contributed by atoms with van der Waals surface area (Å²) in [6.07, 6.45) is 1.75. The fourth-order valence-corrected chi connectivity index (χ4v) is 3.76. The standard InChI is InChI=1S/C25H26N6O2/c1-2-31(22-9-7-21(8-10-22)30-15-17-33-18-16-30)25-28-13-11-23(29-25)19-3-5-20(6-4-19)24(32)27-14-12-26/h3-11,13H,2,14-18H2,1H3,(H,27,32). The number of rotatable bonds is 7. The van der Waals surface area contributed by atoms with Crippen LogP contribution in [-0.4, -0.2) is 55.3 Å². The highest BCUT2D eigenvalue weighted by molar-refractivity contribution is 5.94. The molecule has 1 saturated heterocycles. The van der Waals surface area contributed by atoms with E-state index in [1.807, 2.05) is 24.3 Å². The normalized spacial score (nSPS) is 13.3. The second-order valence-corrected chi connectivity index (χ2v) is 7.52. The molecule has 1 fully saturated rings. The van der Waals surface area contributed by atoms with E-state index in [2.05, 4.69) is 51.3 Å². The number of nitrogens with zero attached hydrogens (tertiary/aromatic N) is 5. The molecule has 0 saturated carbocycles. The molecule has 1 aromatic heterocycles. The topological polar surface area (TPSA) is 94.4 Å². The van der Waals surface area contributed by atoms with Gasteiger partial charge in [0.05, 0.1) is 25.0 Å². The summed E-state index contributed by atoms with van der Waals surface area (Å²) >= 11 is 0. The first-order chi connectivity index (χ1) is 16.2. The Balaban J connectivity index is 1.52. The number of carbonyl (C=O) groups excluding carboxylic acids is 1. The molecule has 8 heteroatoms. The summed E-state index contributed by atoms with van der Waals surface area (Å²) in [5, 5.41) is 11.2. The number of nitriles is 1. The van der Waals surface area contributed by atoms with Crippen LogP contribution in [0.5, 0.6) is 0 Å². The molecule has 0 atom stereocenters. The highest BCUT2D eigenvalue weighted by atomic mass is 16.5. The van der Waals surface area contributed by atoms with Gasteiger partial charge in [-0.1, -0.05) is 12.1 Å². The van der Waals surface area contributed by atoms with E-state index in [4.69, 9.17) is 15.0 Å². The molecule has 1 aliphatic rings. The maximum Gasteiger partial charge on any atom is 0.252 e. The molecule has 8 nitrogen and oxygen atoms in total. The molecule has 0 aliphatic carbocycles. The van der Waals surface area contributed by atoms with E-state index in [1.54, 1.807) is 18.3 Å². The van der Waals surface area contributed by atoms with Crippen molar-refractivity contribution >= 4 is 23.2 Å². The Bertz CT molecular complexity index is 1120. The predicted molar refractivity (Wildman–Crippen MR) is 128 cm³/mol. The lowest BCUT2D eigenvalue weighted by Gasteiger charge is -2.29. The number of hydrogen-bond acceptors (Lipinski definition) is 7. The molecule has 1 N–H and O–H groups in total. The summed E-state index contributed by atoms with van der Waals surface area (Å²) in [5.41, 5.74) is 4.36. The van der Waals surface area contributed by atoms with Crippen molar-refractivity contribution in [1.29, 1.82) is 5.26 Å². The minimum atomic E-state index is -0.274. The van der Waals surface area contributed by atoms with Crippen molar-refractivity contribution in [2.75, 3.05) is 49.2 Å². The van der Waals surface area contributed by atoms with Crippen LogP contribution in [-0.2, 0) is 4.74 Å². The molecule has 2 aromatic carbocycles. The minimum Gasteiger partial charge on any atom is -0.378 e. The minimum absolute atomic E-state index is 0.0177. The van der Waals surface area contributed by atoms with Gasteiger partial charge in [0.2, 0.25) is 5.95 Å². The molecule has 1 aliphatic heterocycles. The molecule has 3 aromatic rings. The molecule has 168 valence electrons. The van der Waals surface area contributed by atoms with E-state index < -0.39 is 0 Å². The second kappa shape index (κ2) is 10.6. The molecule has 0 bridgehead atoms. The molecular formula is C25H26N6O2. The maximum atomic E-state index is 12.0. The number of anilines is 3. The van der Waals surface area contributed by atoms with Crippen molar-refractivity contribution in [2.24, 2.45) is 0 Å². The summed E-state index contributed by atoms with van der Waals surface area (Å²) in [7, 11) is 0. The van der Waals surface area contributed by atoms with Crippen LogP contribution in [0.3, 0.4) is 0 Å². The summed E-state index contributed by atoms with van der Waals surface area (Å²) in [6.45, 7) is 6.10. The quantitative estimate of drug-likeness (QED) is 0.561. The summed E-state index contributed by atoms with van der Waals surface area (Å²) in [5.74, 6) is 0.342. The summed E-state index contributed by atoms with van der Waals surface area (Å²) < 4.78 is 5.44. The van der Waals surface area contributed by atoms with Gasteiger partial charge in [-0.25, -0.2) is 9.97 Å². The molecule has 0 radical (unpaired) electrons. The van der Waals surface area contributed by atoms with Gasteiger partial charge in [-0.2, -0.15) is 5.26 Å². The van der Waals surface area contributed by atoms with Crippen molar-refractivity contribution in [3.63, 3.8) is 0 Å². The third-order valence-electron chi connectivity index (χ3n) is 5.51. The summed E-state index contributed by atoms with van der Waals surface area (Å²) in [4.78, 5) is 25.7. The van der Waals surface area contributed by atoms with Crippen molar-refractivity contribution < 1.29 is 9.53 Å². The molecule has 33 heavy (non-hydrogen) atoms. The lowest BCUT2D eigenvalue weighted by Crippen LogP contribution is -2.36. The largest absolute Gasteiger partial charge is 0.378 e. The maximum absolute atomic E-state index is 12.0. The fourth-order valence-electron chi connectivity index (χ4n) is 3.76. The van der Waals surface area contributed by atoms with E-state index in [-0.39, 0.29) is 12.5 Å². The fraction of sp³-hybridized carbons (Fsp3) is 0.280. The van der Waals surface area contributed by atoms with Crippen LogP contribution < -0.4 is 15.1 Å². The van der Waals surface area contributed by atoms with Crippen LogP contribution in [0.15, 0.2) is 60.8 Å². The smallest absolute Gasteiger partial charge is 0.252 e. The molecular weight excluding hydrogens is 416 g/mol. The molecule has 0 spiro atoms. The Morgan fingerprint density at radius 1 is 1.12 bits per heavy atom. The highest BCUT2D eigenvalue weighted by Gasteiger charge is 2.15. The van der Waals surface area contributed by atoms with Crippen LogP contribution >= 0.6 is 0 Å². The van der Waals surface area contributed by atoms with Crippen LogP contribution in [0, 0.1) is 11.3 Å². The van der Waals surface area contributed by atoms with Crippen LogP contribution in [0.1, 0.15) is 17.3 Å². The Morgan fingerprint density at radius 3 is 2.52 bits per heavy atom. The van der Waals surface area contributed by atoms with Crippen molar-refractivity contribution in [3.8, 4) is 17.3 Å². The predicted octanol–water partition coefficient (Wildman–Crippen LogP) is 3.39. The number of carbonyl (C=O) groups is 1. The number of ether oxygens (including phenoxy) is 1. The van der Waals surface area contributed by atoms with E-state index in [0.717, 1.165) is 49.8 Å². The van der Waals surface area contributed by atoms with E-state index >= 15 is 0 Å². The molecule has 0 unspecified atom stereocenters. The van der Waals surface area contributed by atoms with Gasteiger partial charge in [0, 0.05) is 48.3 Å². The second-order valence-electron chi connectivity index (χ2n) is 7.52. The van der Waals surface area contributed by atoms with E-state index in [1.165, 1.54) is 5.69 Å². The van der Waals surface area contributed by atoms with Crippen LogP contribution in [0.25, 0.3) is 11.3 Å². The van der Waals surface area contributed by atoms with Crippen molar-refractivity contribution in [1.82, 2.24) is 15.3 Å². The first-order valence-electron chi connectivity index (χ1n) is 11.0. The van der Waals surface area contributed by atoms with Crippen LogP contribution in [0.2, 0.25) is 0 Å². The lowest BCUT2D eigenvalue weighted by molar-refractivity contribution is 0.0958. The number of benzene rings is 2. The van der Waals surface area contributed by atoms with E-state index in [9.17, 15) is 4.79 Å². The van der Waals surface area contributed by atoms with Gasteiger partial charge < -0.3 is 19.9 Å². The Hall–Kier alpha value is -3.96. The highest BCUT2D eigenvalue weighted by Crippen LogP contribution is 2.27. The zero-order valence-electron chi connectivity index (χ0n) is 18.6. The van der Waals surface area contributed by atoms with Gasteiger partial charge in [-0.15, -0.1) is 0 Å². The first kappa shape index (κ1) is 22.2. The van der Waals surface area contributed by atoms with Gasteiger partial charge in [-0.3, -0.25) is 4.79 Å². The third-order valence-corrected chi connectivity index (χ3v) is 5.51. The molecule has 4 rings (SSSR count). The number of aromatic nitrogens is 2. The van der Waals surface area contributed by atoms with Crippen LogP contribution in [0.4, 0.5) is 17.3 Å². The average Bonchev–Trinajstić information content (AvgIpc) is 2.89. The van der Waals surface area contributed by atoms with E-state index in [0.29, 0.717) is 11.5 Å². The zero-order valence-corrected chi connectivity index (χ0v) is 18.6. The summed E-state index contributed by atoms with van der Waals surface area (Å²) in [6, 6.07) is 19.4. The monoisotopic (exact) mass is 442 g/mol. The van der Waals surface area contributed by atoms with Crippen molar-refractivity contribution in [3.05, 3.63) is 66.4 Å². The van der Waals surface area contributed by atoms with Crippen molar-refractivity contribution in [2.45, 2.75) is 6.92 Å².